The molecule has 184 valence electrons. The summed E-state index contributed by atoms with van der Waals surface area (Å²) in [6.07, 6.45) is 0.374. The van der Waals surface area contributed by atoms with E-state index in [9.17, 15) is 14.0 Å². The zero-order chi connectivity index (χ0) is 25.2. The number of benzene rings is 3. The van der Waals surface area contributed by atoms with Crippen LogP contribution in [0.15, 0.2) is 78.9 Å². The van der Waals surface area contributed by atoms with E-state index < -0.39 is 6.04 Å². The van der Waals surface area contributed by atoms with Crippen molar-refractivity contribution in [1.82, 2.24) is 10.2 Å². The van der Waals surface area contributed by atoms with Crippen LogP contribution in [0.25, 0.3) is 0 Å². The number of nitrogens with zero attached hydrogens (tertiary/aromatic N) is 1. The molecule has 0 fully saturated rings. The Labute approximate surface area is 206 Å². The zero-order valence-corrected chi connectivity index (χ0v) is 20.5. The second-order valence-electron chi connectivity index (χ2n) is 9.10. The summed E-state index contributed by atoms with van der Waals surface area (Å²) in [5, 5.41) is 3.00. The van der Waals surface area contributed by atoms with Gasteiger partial charge in [0.05, 0.1) is 0 Å². The summed E-state index contributed by atoms with van der Waals surface area (Å²) in [5.41, 5.74) is 2.95. The van der Waals surface area contributed by atoms with Crippen molar-refractivity contribution in [3.63, 3.8) is 0 Å². The first-order valence-electron chi connectivity index (χ1n) is 11.9. The Morgan fingerprint density at radius 3 is 2.29 bits per heavy atom. The maximum absolute atomic E-state index is 13.5. The van der Waals surface area contributed by atoms with E-state index in [2.05, 4.69) is 5.32 Å². The summed E-state index contributed by atoms with van der Waals surface area (Å²) >= 11 is 0. The quantitative estimate of drug-likeness (QED) is 0.427. The van der Waals surface area contributed by atoms with Gasteiger partial charge in [0.2, 0.25) is 5.91 Å². The van der Waals surface area contributed by atoms with Gasteiger partial charge in [0.15, 0.2) is 6.61 Å². The van der Waals surface area contributed by atoms with E-state index in [0.29, 0.717) is 18.7 Å². The summed E-state index contributed by atoms with van der Waals surface area (Å²) in [5.74, 6) is -0.241. The molecule has 6 heteroatoms. The number of aryl methyl sites for hydroxylation is 1. The minimum absolute atomic E-state index is 0.203. The van der Waals surface area contributed by atoms with Crippen LogP contribution in [-0.4, -0.2) is 35.9 Å². The fourth-order valence-electron chi connectivity index (χ4n) is 3.74. The largest absolute Gasteiger partial charge is 0.484 e. The van der Waals surface area contributed by atoms with Gasteiger partial charge in [-0.1, -0.05) is 74.0 Å². The van der Waals surface area contributed by atoms with Gasteiger partial charge in [-0.15, -0.1) is 0 Å². The average Bonchev–Trinajstić information content (AvgIpc) is 2.85. The Balaban J connectivity index is 1.89. The van der Waals surface area contributed by atoms with Gasteiger partial charge < -0.3 is 15.0 Å². The molecule has 35 heavy (non-hydrogen) atoms. The third-order valence-electron chi connectivity index (χ3n) is 5.57. The highest BCUT2D eigenvalue weighted by Gasteiger charge is 2.30. The molecule has 0 saturated heterocycles. The van der Waals surface area contributed by atoms with Crippen LogP contribution in [0.1, 0.15) is 30.5 Å². The van der Waals surface area contributed by atoms with E-state index in [1.54, 1.807) is 4.90 Å². The van der Waals surface area contributed by atoms with E-state index in [0.717, 1.165) is 16.7 Å². The van der Waals surface area contributed by atoms with E-state index in [4.69, 9.17) is 4.74 Å². The molecule has 0 aromatic heterocycles. The first-order chi connectivity index (χ1) is 16.8. The SMILES string of the molecule is Cc1cccc(CN(C(=O)COc2ccc(F)cc2)[C@@H](Cc2ccccc2)C(=O)NCC(C)C)c1. The number of hydrogen-bond donors (Lipinski definition) is 1. The summed E-state index contributed by atoms with van der Waals surface area (Å²) < 4.78 is 18.9. The van der Waals surface area contributed by atoms with E-state index >= 15 is 0 Å². The average molecular weight is 477 g/mol. The highest BCUT2D eigenvalue weighted by atomic mass is 19.1. The van der Waals surface area contributed by atoms with Crippen LogP contribution >= 0.6 is 0 Å². The van der Waals surface area contributed by atoms with Gasteiger partial charge >= 0.3 is 0 Å². The monoisotopic (exact) mass is 476 g/mol. The van der Waals surface area contributed by atoms with Crippen molar-refractivity contribution in [2.75, 3.05) is 13.2 Å². The molecule has 3 aromatic carbocycles. The van der Waals surface area contributed by atoms with Gasteiger partial charge in [-0.25, -0.2) is 4.39 Å². The van der Waals surface area contributed by atoms with E-state index in [1.807, 2.05) is 75.4 Å². The maximum atomic E-state index is 13.5. The fourth-order valence-corrected chi connectivity index (χ4v) is 3.74. The number of ether oxygens (including phenoxy) is 1. The van der Waals surface area contributed by atoms with E-state index in [-0.39, 0.29) is 36.7 Å². The van der Waals surface area contributed by atoms with Crippen LogP contribution < -0.4 is 10.1 Å². The third kappa shape index (κ3) is 8.25. The van der Waals surface area contributed by atoms with Crippen LogP contribution in [0.5, 0.6) is 5.75 Å². The molecule has 0 aliphatic rings. The van der Waals surface area contributed by atoms with Crippen LogP contribution in [0.3, 0.4) is 0 Å². The minimum Gasteiger partial charge on any atom is -0.484 e. The highest BCUT2D eigenvalue weighted by molar-refractivity contribution is 5.88. The number of amides is 2. The van der Waals surface area contributed by atoms with Gasteiger partial charge in [0, 0.05) is 19.5 Å². The van der Waals surface area contributed by atoms with Crippen LogP contribution in [-0.2, 0) is 22.6 Å². The number of carbonyl (C=O) groups is 2. The molecular formula is C29H33FN2O3. The standard InChI is InChI=1S/C29H33FN2O3/c1-21(2)18-31-29(34)27(17-23-9-5-4-6-10-23)32(19-24-11-7-8-22(3)16-24)28(33)20-35-26-14-12-25(30)13-15-26/h4-16,21,27H,17-20H2,1-3H3,(H,31,34)/t27-/m0/s1. The Morgan fingerprint density at radius 1 is 0.943 bits per heavy atom. The molecule has 1 atom stereocenters. The minimum atomic E-state index is -0.721. The highest BCUT2D eigenvalue weighted by Crippen LogP contribution is 2.17. The first-order valence-corrected chi connectivity index (χ1v) is 11.9. The van der Waals surface area contributed by atoms with Crippen LogP contribution in [0.4, 0.5) is 4.39 Å². The molecule has 5 nitrogen and oxygen atoms in total. The molecule has 3 aromatic rings. The second kappa shape index (κ2) is 12.7. The van der Waals surface area contributed by atoms with Gasteiger partial charge in [0.1, 0.15) is 17.6 Å². The van der Waals surface area contributed by atoms with Crippen molar-refractivity contribution >= 4 is 11.8 Å². The molecule has 1 N–H and O–H groups in total. The Hall–Kier alpha value is -3.67. The lowest BCUT2D eigenvalue weighted by Crippen LogP contribution is -2.52. The second-order valence-corrected chi connectivity index (χ2v) is 9.10. The van der Waals surface area contributed by atoms with Crippen molar-refractivity contribution in [2.24, 2.45) is 5.92 Å². The number of nitrogens with one attached hydrogen (secondary N) is 1. The topological polar surface area (TPSA) is 58.6 Å². The lowest BCUT2D eigenvalue weighted by molar-refractivity contribution is -0.142. The van der Waals surface area contributed by atoms with Crippen molar-refractivity contribution in [2.45, 2.75) is 39.8 Å². The van der Waals surface area contributed by atoms with Crippen LogP contribution in [0, 0.1) is 18.7 Å². The summed E-state index contributed by atoms with van der Waals surface area (Å²) in [6.45, 7) is 6.56. The molecule has 3 rings (SSSR count). The molecule has 0 unspecified atom stereocenters. The molecule has 0 heterocycles. The third-order valence-corrected chi connectivity index (χ3v) is 5.57. The van der Waals surface area contributed by atoms with Crippen molar-refractivity contribution < 1.29 is 18.7 Å². The molecule has 0 radical (unpaired) electrons. The zero-order valence-electron chi connectivity index (χ0n) is 20.5. The molecule has 0 aliphatic heterocycles. The molecule has 0 aliphatic carbocycles. The summed E-state index contributed by atoms with van der Waals surface area (Å²) in [6, 6.07) is 22.3. The van der Waals surface area contributed by atoms with E-state index in [1.165, 1.54) is 24.3 Å². The molecule has 0 bridgehead atoms. The predicted octanol–water partition coefficient (Wildman–Crippen LogP) is 4.93. The normalized spacial score (nSPS) is 11.7. The van der Waals surface area contributed by atoms with Crippen molar-refractivity contribution in [3.8, 4) is 5.75 Å². The summed E-state index contributed by atoms with van der Waals surface area (Å²) in [7, 11) is 0. The first kappa shape index (κ1) is 25.9. The molecular weight excluding hydrogens is 443 g/mol. The summed E-state index contributed by atoms with van der Waals surface area (Å²) in [4.78, 5) is 28.5. The lowest BCUT2D eigenvalue weighted by atomic mass is 10.0. The fraction of sp³-hybridized carbons (Fsp3) is 0.310. The predicted molar refractivity (Wildman–Crippen MR) is 135 cm³/mol. The maximum Gasteiger partial charge on any atom is 0.261 e. The Morgan fingerprint density at radius 2 is 1.63 bits per heavy atom. The van der Waals surface area contributed by atoms with Crippen LogP contribution in [0.2, 0.25) is 0 Å². The van der Waals surface area contributed by atoms with Crippen molar-refractivity contribution in [3.05, 3.63) is 101 Å². The van der Waals surface area contributed by atoms with Crippen molar-refractivity contribution in [1.29, 1.82) is 0 Å². The van der Waals surface area contributed by atoms with Gasteiger partial charge in [0.25, 0.3) is 5.91 Å². The smallest absolute Gasteiger partial charge is 0.261 e. The molecule has 0 spiro atoms. The van der Waals surface area contributed by atoms with Gasteiger partial charge in [-0.2, -0.15) is 0 Å². The molecule has 2 amide bonds. The van der Waals surface area contributed by atoms with Gasteiger partial charge in [-0.05, 0) is 48.2 Å². The number of rotatable bonds is 11. The number of hydrogen-bond acceptors (Lipinski definition) is 3. The number of carbonyl (C=O) groups excluding carboxylic acids is 2. The van der Waals surface area contributed by atoms with Gasteiger partial charge in [-0.3, -0.25) is 9.59 Å². The Kier molecular flexibility index (Phi) is 9.41. The lowest BCUT2D eigenvalue weighted by Gasteiger charge is -2.31. The molecule has 0 saturated carbocycles. The Bertz CT molecular complexity index is 1100. The number of halogens is 1.